The molecule has 6 atom stereocenters. The Morgan fingerprint density at radius 2 is 1.52 bits per heavy atom. The van der Waals surface area contributed by atoms with Crippen molar-refractivity contribution < 1.29 is 53.5 Å². The smallest absolute Gasteiger partial charge is 0.407 e. The topological polar surface area (TPSA) is 222 Å². The van der Waals surface area contributed by atoms with E-state index in [1.165, 1.54) is 6.92 Å². The van der Waals surface area contributed by atoms with Crippen LogP contribution in [0.4, 0.5) is 4.79 Å². The minimum absolute atomic E-state index is 0.0695. The Kier molecular flexibility index (Phi) is 15.5. The lowest BCUT2D eigenvalue weighted by atomic mass is 9.87. The molecule has 0 spiro atoms. The highest BCUT2D eigenvalue weighted by Gasteiger charge is 2.56. The van der Waals surface area contributed by atoms with Crippen LogP contribution in [0.2, 0.25) is 0 Å². The number of rotatable bonds is 17. The van der Waals surface area contributed by atoms with Gasteiger partial charge in [0.25, 0.3) is 5.91 Å². The summed E-state index contributed by atoms with van der Waals surface area (Å²) < 4.78 is 16.1. The molecular weight excluding hydrogens is 700 g/mol. The van der Waals surface area contributed by atoms with Crippen molar-refractivity contribution in [3.63, 3.8) is 0 Å². The molecule has 3 aromatic carbocycles. The van der Waals surface area contributed by atoms with E-state index in [4.69, 9.17) is 14.2 Å². The highest BCUT2D eigenvalue weighted by molar-refractivity contribution is 5.94. The molecule has 1 aliphatic rings. The second-order valence-corrected chi connectivity index (χ2v) is 13.0. The zero-order chi connectivity index (χ0) is 39.1. The molecule has 290 valence electrons. The molecule has 15 heteroatoms. The number of hydrogen-bond donors (Lipinski definition) is 7. The monoisotopic (exact) mass is 748 g/mol. The maximum absolute atomic E-state index is 13.1. The number of unbranched alkanes of at least 4 members (excludes halogenated alkanes) is 2. The van der Waals surface area contributed by atoms with Crippen LogP contribution in [0.25, 0.3) is 11.1 Å². The summed E-state index contributed by atoms with van der Waals surface area (Å²) in [5.74, 6) is -2.87. The van der Waals surface area contributed by atoms with Crippen LogP contribution in [0.1, 0.15) is 54.9 Å². The third-order valence-electron chi connectivity index (χ3n) is 8.85. The van der Waals surface area contributed by atoms with Gasteiger partial charge in [-0.2, -0.15) is 0 Å². The van der Waals surface area contributed by atoms with Gasteiger partial charge in [-0.05, 0) is 41.7 Å². The van der Waals surface area contributed by atoms with E-state index in [9.17, 15) is 39.3 Å². The molecule has 3 aromatic rings. The van der Waals surface area contributed by atoms with Gasteiger partial charge in [-0.3, -0.25) is 14.4 Å². The number of carbonyl (C=O) groups excluding carboxylic acids is 5. The van der Waals surface area contributed by atoms with Gasteiger partial charge in [-0.15, -0.1) is 0 Å². The summed E-state index contributed by atoms with van der Waals surface area (Å²) in [7, 11) is 1.05. The Bertz CT molecular complexity index is 1690. The number of ether oxygens (including phenoxy) is 3. The lowest BCUT2D eigenvalue weighted by molar-refractivity contribution is -0.237. The molecule has 15 nitrogen and oxygen atoms in total. The predicted octanol–water partition coefficient (Wildman–Crippen LogP) is 1.93. The molecule has 0 radical (unpaired) electrons. The maximum atomic E-state index is 13.1. The number of nitrogens with one attached hydrogen (secondary N) is 4. The normalized spacial score (nSPS) is 20.4. The number of aliphatic hydroxyl groups is 3. The van der Waals surface area contributed by atoms with Crippen LogP contribution in [0.15, 0.2) is 84.9 Å². The zero-order valence-electron chi connectivity index (χ0n) is 30.2. The van der Waals surface area contributed by atoms with E-state index in [-0.39, 0.29) is 13.0 Å². The highest BCUT2D eigenvalue weighted by atomic mass is 16.6. The number of amides is 4. The van der Waals surface area contributed by atoms with Crippen molar-refractivity contribution in [3.05, 3.63) is 96.1 Å². The van der Waals surface area contributed by atoms with Gasteiger partial charge in [0, 0.05) is 38.4 Å². The summed E-state index contributed by atoms with van der Waals surface area (Å²) in [6.45, 7) is 1.14. The fraction of sp³-hybridized carbons (Fsp3) is 0.410. The predicted molar refractivity (Wildman–Crippen MR) is 195 cm³/mol. The number of aliphatic hydroxyl groups excluding tert-OH is 3. The highest BCUT2D eigenvalue weighted by Crippen LogP contribution is 2.32. The first-order chi connectivity index (χ1) is 25.9. The van der Waals surface area contributed by atoms with Crippen LogP contribution >= 0.6 is 0 Å². The van der Waals surface area contributed by atoms with Crippen molar-refractivity contribution in [2.75, 3.05) is 20.2 Å². The van der Waals surface area contributed by atoms with Gasteiger partial charge in [0.15, 0.2) is 0 Å². The number of hydrogen-bond acceptors (Lipinski definition) is 11. The van der Waals surface area contributed by atoms with E-state index in [0.29, 0.717) is 31.4 Å². The third kappa shape index (κ3) is 11.8. The quantitative estimate of drug-likeness (QED) is 0.0781. The van der Waals surface area contributed by atoms with E-state index in [2.05, 4.69) is 21.3 Å². The van der Waals surface area contributed by atoms with Crippen molar-refractivity contribution in [3.8, 4) is 11.1 Å². The van der Waals surface area contributed by atoms with Crippen LogP contribution in [0.3, 0.4) is 0 Å². The summed E-state index contributed by atoms with van der Waals surface area (Å²) in [5.41, 5.74) is 0.716. The Morgan fingerprint density at radius 3 is 2.17 bits per heavy atom. The van der Waals surface area contributed by atoms with Gasteiger partial charge < -0.3 is 50.8 Å². The number of methoxy groups -OCH3 is 1. The van der Waals surface area contributed by atoms with Crippen LogP contribution in [-0.4, -0.2) is 101 Å². The van der Waals surface area contributed by atoms with Crippen LogP contribution in [-0.2, 0) is 35.2 Å². The maximum Gasteiger partial charge on any atom is 0.407 e. The SMILES string of the molecule is COC(=O)C1(NC(=O)CCCCCNC(=O)OCc2ccccc2)CC(O)C(NC(C)=O)C([C@@H](O)C(O)CNC(=O)c2ccc(-c3ccccc3)cc2)O1. The average Bonchev–Trinajstić information content (AvgIpc) is 3.18. The molecule has 1 aliphatic heterocycles. The molecular formula is C39H48N4O11. The van der Waals surface area contributed by atoms with Gasteiger partial charge in [0.1, 0.15) is 18.8 Å². The van der Waals surface area contributed by atoms with E-state index < -0.39 is 78.9 Å². The summed E-state index contributed by atoms with van der Waals surface area (Å²) in [6, 6.07) is 24.2. The Labute approximate surface area is 313 Å². The Hall–Kier alpha value is -5.35. The number of benzene rings is 3. The first-order valence-corrected chi connectivity index (χ1v) is 17.7. The first kappa shape index (κ1) is 41.4. The third-order valence-corrected chi connectivity index (χ3v) is 8.85. The van der Waals surface area contributed by atoms with Gasteiger partial charge in [0.2, 0.25) is 17.5 Å². The van der Waals surface area contributed by atoms with Crippen LogP contribution < -0.4 is 21.3 Å². The molecule has 0 aliphatic carbocycles. The van der Waals surface area contributed by atoms with E-state index >= 15 is 0 Å². The fourth-order valence-corrected chi connectivity index (χ4v) is 6.04. The van der Waals surface area contributed by atoms with Crippen LogP contribution in [0.5, 0.6) is 0 Å². The van der Waals surface area contributed by atoms with Gasteiger partial charge in [0.05, 0.1) is 25.4 Å². The van der Waals surface area contributed by atoms with Crippen molar-refractivity contribution >= 4 is 29.8 Å². The lowest BCUT2D eigenvalue weighted by Gasteiger charge is -2.47. The van der Waals surface area contributed by atoms with E-state index in [1.807, 2.05) is 60.7 Å². The minimum Gasteiger partial charge on any atom is -0.465 e. The van der Waals surface area contributed by atoms with Crippen molar-refractivity contribution in [2.24, 2.45) is 0 Å². The molecule has 0 saturated carbocycles. The fourth-order valence-electron chi connectivity index (χ4n) is 6.04. The van der Waals surface area contributed by atoms with Gasteiger partial charge >= 0.3 is 12.1 Å². The van der Waals surface area contributed by atoms with E-state index in [0.717, 1.165) is 23.8 Å². The lowest BCUT2D eigenvalue weighted by Crippen LogP contribution is -2.71. The average molecular weight is 749 g/mol. The molecule has 1 heterocycles. The summed E-state index contributed by atoms with van der Waals surface area (Å²) >= 11 is 0. The van der Waals surface area contributed by atoms with Crippen molar-refractivity contribution in [2.45, 2.75) is 81.8 Å². The molecule has 1 fully saturated rings. The molecule has 1 saturated heterocycles. The number of esters is 1. The van der Waals surface area contributed by atoms with Crippen LogP contribution in [0, 0.1) is 0 Å². The van der Waals surface area contributed by atoms with Gasteiger partial charge in [-0.25, -0.2) is 9.59 Å². The number of carbonyl (C=O) groups is 5. The molecule has 4 rings (SSSR count). The zero-order valence-corrected chi connectivity index (χ0v) is 30.2. The first-order valence-electron chi connectivity index (χ1n) is 17.7. The summed E-state index contributed by atoms with van der Waals surface area (Å²) in [4.78, 5) is 63.1. The second-order valence-electron chi connectivity index (χ2n) is 13.0. The molecule has 54 heavy (non-hydrogen) atoms. The molecule has 0 bridgehead atoms. The summed E-state index contributed by atoms with van der Waals surface area (Å²) in [5, 5.41) is 43.5. The standard InChI is InChI=1S/C39H48N4O11/c1-25(44)42-33-30(45)22-39(37(50)52-2,43-32(47)16-10-5-11-21-40-38(51)53-24-26-12-6-3-7-13-26)54-35(33)34(48)31(46)23-41-36(49)29-19-17-28(18-20-29)27-14-8-4-9-15-27/h3-4,6-9,12-15,17-20,30-31,33-35,45-46,48H,5,10-11,16,21-24H2,1-2H3,(H,40,51)(H,41,49)(H,42,44)(H,43,47)/t30?,31?,33?,34-,35?,39?/m0/s1. The van der Waals surface area contributed by atoms with Gasteiger partial charge in [-0.1, -0.05) is 79.2 Å². The summed E-state index contributed by atoms with van der Waals surface area (Å²) in [6.07, 6.45) is -6.57. The minimum atomic E-state index is -2.29. The molecule has 0 aromatic heterocycles. The second kappa shape index (κ2) is 20.2. The Morgan fingerprint density at radius 1 is 0.870 bits per heavy atom. The van der Waals surface area contributed by atoms with E-state index in [1.54, 1.807) is 24.3 Å². The van der Waals surface area contributed by atoms with Crippen molar-refractivity contribution in [1.82, 2.24) is 21.3 Å². The molecule has 4 amide bonds. The molecule has 7 N–H and O–H groups in total. The van der Waals surface area contributed by atoms with Crippen molar-refractivity contribution in [1.29, 1.82) is 0 Å². The largest absolute Gasteiger partial charge is 0.465 e. The number of alkyl carbamates (subject to hydrolysis) is 1. The Balaban J connectivity index is 1.32. The molecule has 5 unspecified atom stereocenters.